The van der Waals surface area contributed by atoms with E-state index in [4.69, 9.17) is 4.98 Å². The van der Waals surface area contributed by atoms with Crippen molar-refractivity contribution in [3.05, 3.63) is 77.7 Å². The Balaban J connectivity index is 1.30. The summed E-state index contributed by atoms with van der Waals surface area (Å²) in [4.78, 5) is 9.76. The summed E-state index contributed by atoms with van der Waals surface area (Å²) in [5.74, 6) is 0. The molecule has 1 aliphatic heterocycles. The Kier molecular flexibility index (Phi) is 5.43. The highest BCUT2D eigenvalue weighted by molar-refractivity contribution is 7.14. The van der Waals surface area contributed by atoms with Crippen molar-refractivity contribution in [1.82, 2.24) is 9.88 Å². The van der Waals surface area contributed by atoms with Crippen LogP contribution < -0.4 is 4.90 Å². The summed E-state index contributed by atoms with van der Waals surface area (Å²) < 4.78 is 0. The lowest BCUT2D eigenvalue weighted by atomic mass is 10.2. The van der Waals surface area contributed by atoms with Crippen LogP contribution in [0.15, 0.2) is 72.1 Å². The highest BCUT2D eigenvalue weighted by Crippen LogP contribution is 2.27. The summed E-state index contributed by atoms with van der Waals surface area (Å²) in [5, 5.41) is 3.31. The van der Waals surface area contributed by atoms with Gasteiger partial charge in [0.1, 0.15) is 0 Å². The molecule has 26 heavy (non-hydrogen) atoms. The van der Waals surface area contributed by atoms with E-state index in [1.54, 1.807) is 11.3 Å². The van der Waals surface area contributed by atoms with Gasteiger partial charge >= 0.3 is 0 Å². The SMILES string of the molecule is C(=C/c1ccccc1)/CN1CCN(c2nc(-c3ccccc3)cs2)CC1. The molecule has 2 aromatic carbocycles. The van der Waals surface area contributed by atoms with Gasteiger partial charge in [-0.3, -0.25) is 4.90 Å². The Labute approximate surface area is 159 Å². The van der Waals surface area contributed by atoms with Crippen LogP contribution in [-0.4, -0.2) is 42.6 Å². The monoisotopic (exact) mass is 361 g/mol. The van der Waals surface area contributed by atoms with Gasteiger partial charge in [-0.05, 0) is 5.56 Å². The normalized spacial score (nSPS) is 15.6. The van der Waals surface area contributed by atoms with E-state index < -0.39 is 0 Å². The summed E-state index contributed by atoms with van der Waals surface area (Å²) in [6.45, 7) is 5.26. The van der Waals surface area contributed by atoms with Gasteiger partial charge in [0.15, 0.2) is 5.13 Å². The summed E-state index contributed by atoms with van der Waals surface area (Å²) in [7, 11) is 0. The van der Waals surface area contributed by atoms with Crippen LogP contribution in [0.4, 0.5) is 5.13 Å². The van der Waals surface area contributed by atoms with Crippen LogP contribution in [0.25, 0.3) is 17.3 Å². The van der Waals surface area contributed by atoms with E-state index in [0.29, 0.717) is 0 Å². The molecule has 0 unspecified atom stereocenters. The van der Waals surface area contributed by atoms with Crippen molar-refractivity contribution in [3.8, 4) is 11.3 Å². The van der Waals surface area contributed by atoms with Gasteiger partial charge in [-0.2, -0.15) is 0 Å². The Morgan fingerprint density at radius 2 is 1.58 bits per heavy atom. The number of nitrogens with zero attached hydrogens (tertiary/aromatic N) is 3. The van der Waals surface area contributed by atoms with E-state index in [2.05, 4.69) is 81.9 Å². The van der Waals surface area contributed by atoms with Gasteiger partial charge in [-0.25, -0.2) is 4.98 Å². The zero-order valence-electron chi connectivity index (χ0n) is 14.8. The molecule has 0 radical (unpaired) electrons. The number of aromatic nitrogens is 1. The molecule has 1 saturated heterocycles. The van der Waals surface area contributed by atoms with Crippen molar-refractivity contribution in [1.29, 1.82) is 0 Å². The maximum absolute atomic E-state index is 4.84. The fraction of sp³-hybridized carbons (Fsp3) is 0.227. The second-order valence-electron chi connectivity index (χ2n) is 6.48. The third kappa shape index (κ3) is 4.21. The third-order valence-electron chi connectivity index (χ3n) is 4.68. The van der Waals surface area contributed by atoms with Crippen molar-refractivity contribution < 1.29 is 0 Å². The van der Waals surface area contributed by atoms with Gasteiger partial charge in [-0.1, -0.05) is 72.8 Å². The van der Waals surface area contributed by atoms with Crippen molar-refractivity contribution in [2.75, 3.05) is 37.6 Å². The Morgan fingerprint density at radius 3 is 2.31 bits per heavy atom. The zero-order chi connectivity index (χ0) is 17.6. The molecular formula is C22H23N3S. The minimum atomic E-state index is 1.01. The number of hydrogen-bond acceptors (Lipinski definition) is 4. The molecule has 1 aliphatic rings. The molecule has 4 rings (SSSR count). The lowest BCUT2D eigenvalue weighted by Crippen LogP contribution is -2.46. The van der Waals surface area contributed by atoms with Gasteiger partial charge in [0, 0.05) is 43.7 Å². The van der Waals surface area contributed by atoms with E-state index in [-0.39, 0.29) is 0 Å². The molecule has 4 heteroatoms. The lowest BCUT2D eigenvalue weighted by Gasteiger charge is -2.33. The number of piperazine rings is 1. The van der Waals surface area contributed by atoms with Gasteiger partial charge < -0.3 is 4.90 Å². The van der Waals surface area contributed by atoms with Gasteiger partial charge in [0.05, 0.1) is 5.69 Å². The maximum Gasteiger partial charge on any atom is 0.185 e. The number of thiazole rings is 1. The second kappa shape index (κ2) is 8.30. The molecule has 0 spiro atoms. The molecule has 0 saturated carbocycles. The first-order chi connectivity index (χ1) is 12.9. The highest BCUT2D eigenvalue weighted by atomic mass is 32.1. The molecule has 1 fully saturated rings. The quantitative estimate of drug-likeness (QED) is 0.660. The molecule has 3 aromatic rings. The number of hydrogen-bond donors (Lipinski definition) is 0. The Morgan fingerprint density at radius 1 is 0.885 bits per heavy atom. The molecule has 132 valence electrons. The first-order valence-corrected chi connectivity index (χ1v) is 9.96. The van der Waals surface area contributed by atoms with E-state index in [1.165, 1.54) is 11.1 Å². The van der Waals surface area contributed by atoms with Crippen molar-refractivity contribution >= 4 is 22.5 Å². The molecule has 0 bridgehead atoms. The molecule has 0 N–H and O–H groups in total. The van der Waals surface area contributed by atoms with Crippen LogP contribution in [0.2, 0.25) is 0 Å². The van der Waals surface area contributed by atoms with Crippen molar-refractivity contribution in [3.63, 3.8) is 0 Å². The number of rotatable bonds is 5. The lowest BCUT2D eigenvalue weighted by molar-refractivity contribution is 0.284. The van der Waals surface area contributed by atoms with Crippen molar-refractivity contribution in [2.45, 2.75) is 0 Å². The predicted octanol–water partition coefficient (Wildman–Crippen LogP) is 4.65. The van der Waals surface area contributed by atoms with E-state index in [1.807, 2.05) is 6.07 Å². The topological polar surface area (TPSA) is 19.4 Å². The summed E-state index contributed by atoms with van der Waals surface area (Å²) in [5.41, 5.74) is 3.54. The maximum atomic E-state index is 4.84. The van der Waals surface area contributed by atoms with Gasteiger partial charge in [0.25, 0.3) is 0 Å². The molecule has 1 aromatic heterocycles. The predicted molar refractivity (Wildman–Crippen MR) is 112 cm³/mol. The molecule has 0 amide bonds. The van der Waals surface area contributed by atoms with Gasteiger partial charge in [-0.15, -0.1) is 11.3 Å². The molecule has 2 heterocycles. The first-order valence-electron chi connectivity index (χ1n) is 9.08. The molecule has 0 atom stereocenters. The van der Waals surface area contributed by atoms with Crippen LogP contribution in [0.3, 0.4) is 0 Å². The fourth-order valence-corrected chi connectivity index (χ4v) is 4.06. The van der Waals surface area contributed by atoms with Crippen molar-refractivity contribution in [2.24, 2.45) is 0 Å². The third-order valence-corrected chi connectivity index (χ3v) is 5.58. The van der Waals surface area contributed by atoms with Gasteiger partial charge in [0.2, 0.25) is 0 Å². The highest BCUT2D eigenvalue weighted by Gasteiger charge is 2.18. The number of benzene rings is 2. The Hall–Kier alpha value is -2.43. The fourth-order valence-electron chi connectivity index (χ4n) is 3.17. The Bertz CT molecular complexity index is 834. The minimum Gasteiger partial charge on any atom is -0.346 e. The standard InChI is InChI=1S/C22H23N3S/c1-3-8-19(9-4-1)10-7-13-24-14-16-25(17-15-24)22-23-21(18-26-22)20-11-5-2-6-12-20/h1-12,18H,13-17H2/b10-7-. The average Bonchev–Trinajstić information content (AvgIpc) is 3.20. The molecule has 3 nitrogen and oxygen atoms in total. The van der Waals surface area contributed by atoms with Crippen LogP contribution in [-0.2, 0) is 0 Å². The van der Waals surface area contributed by atoms with E-state index in [0.717, 1.165) is 43.5 Å². The number of anilines is 1. The first kappa shape index (κ1) is 17.0. The van der Waals surface area contributed by atoms with Crippen LogP contribution in [0.1, 0.15) is 5.56 Å². The van der Waals surface area contributed by atoms with E-state index in [9.17, 15) is 0 Å². The summed E-state index contributed by atoms with van der Waals surface area (Å²) in [6.07, 6.45) is 4.47. The van der Waals surface area contributed by atoms with E-state index >= 15 is 0 Å². The zero-order valence-corrected chi connectivity index (χ0v) is 15.6. The molecular weight excluding hydrogens is 338 g/mol. The van der Waals surface area contributed by atoms with Crippen LogP contribution in [0, 0.1) is 0 Å². The summed E-state index contributed by atoms with van der Waals surface area (Å²) in [6, 6.07) is 20.9. The second-order valence-corrected chi connectivity index (χ2v) is 7.32. The van der Waals surface area contributed by atoms with Crippen LogP contribution >= 0.6 is 11.3 Å². The smallest absolute Gasteiger partial charge is 0.185 e. The summed E-state index contributed by atoms with van der Waals surface area (Å²) >= 11 is 1.75. The minimum absolute atomic E-state index is 1.01. The average molecular weight is 362 g/mol. The largest absolute Gasteiger partial charge is 0.346 e. The molecule has 0 aliphatic carbocycles. The van der Waals surface area contributed by atoms with Crippen LogP contribution in [0.5, 0.6) is 0 Å².